The first kappa shape index (κ1) is 13.4. The lowest BCUT2D eigenvalue weighted by molar-refractivity contribution is 0.301. The Balaban J connectivity index is 2.22. The number of nitrogens with zero attached hydrogens (tertiary/aromatic N) is 2. The molecule has 3 heteroatoms. The lowest BCUT2D eigenvalue weighted by Crippen LogP contribution is -2.26. The predicted molar refractivity (Wildman–Crippen MR) is 78.7 cm³/mol. The Hall–Kier alpha value is -1.01. The Kier molecular flexibility index (Phi) is 3.97. The molecule has 0 atom stereocenters. The molecule has 0 spiro atoms. The summed E-state index contributed by atoms with van der Waals surface area (Å²) in [5, 5.41) is 8.89. The van der Waals surface area contributed by atoms with Crippen LogP contribution in [-0.2, 0) is 0 Å². The summed E-state index contributed by atoms with van der Waals surface area (Å²) in [7, 11) is 0. The number of rotatable bonds is 3. The molecule has 0 saturated carbocycles. The molecule has 1 aliphatic rings. The van der Waals surface area contributed by atoms with Crippen molar-refractivity contribution in [3.63, 3.8) is 0 Å². The van der Waals surface area contributed by atoms with Gasteiger partial charge in [0.05, 0.1) is 17.3 Å². The summed E-state index contributed by atoms with van der Waals surface area (Å²) in [6.07, 6.45) is 3.76. The second-order valence-electron chi connectivity index (χ2n) is 5.16. The minimum absolute atomic E-state index is 0.480. The van der Waals surface area contributed by atoms with E-state index in [1.165, 1.54) is 24.9 Å². The highest BCUT2D eigenvalue weighted by Crippen LogP contribution is 2.40. The van der Waals surface area contributed by atoms with Crippen molar-refractivity contribution >= 4 is 21.6 Å². The lowest BCUT2D eigenvalue weighted by Gasteiger charge is -2.27. The average molecular weight is 307 g/mol. The first-order valence-corrected chi connectivity index (χ1v) is 7.38. The van der Waals surface area contributed by atoms with Gasteiger partial charge in [-0.1, -0.05) is 13.8 Å². The molecule has 0 amide bonds. The normalized spacial score (nSPS) is 17.8. The van der Waals surface area contributed by atoms with E-state index >= 15 is 0 Å². The van der Waals surface area contributed by atoms with E-state index in [9.17, 15) is 0 Å². The maximum atomic E-state index is 8.89. The van der Waals surface area contributed by atoms with E-state index in [1.54, 1.807) is 0 Å². The summed E-state index contributed by atoms with van der Waals surface area (Å²) in [4.78, 5) is 2.44. The maximum Gasteiger partial charge on any atom is 0.0992 e. The van der Waals surface area contributed by atoms with Crippen molar-refractivity contribution in [3.05, 3.63) is 28.2 Å². The quantitative estimate of drug-likeness (QED) is 0.830. The fourth-order valence-electron chi connectivity index (χ4n) is 2.80. The summed E-state index contributed by atoms with van der Waals surface area (Å²) in [5.74, 6) is 0. The van der Waals surface area contributed by atoms with Crippen LogP contribution in [0.4, 0.5) is 5.69 Å². The van der Waals surface area contributed by atoms with Gasteiger partial charge in [-0.2, -0.15) is 5.26 Å². The molecule has 0 aromatic heterocycles. The van der Waals surface area contributed by atoms with E-state index in [0.29, 0.717) is 11.0 Å². The molecular formula is C15H19BrN2. The van der Waals surface area contributed by atoms with E-state index in [0.717, 1.165) is 17.6 Å². The molecule has 1 aliphatic heterocycles. The highest BCUT2D eigenvalue weighted by molar-refractivity contribution is 9.10. The van der Waals surface area contributed by atoms with Crippen molar-refractivity contribution in [3.8, 4) is 6.07 Å². The van der Waals surface area contributed by atoms with Gasteiger partial charge in [0, 0.05) is 17.6 Å². The molecule has 0 radical (unpaired) electrons. The Morgan fingerprint density at radius 3 is 2.61 bits per heavy atom. The van der Waals surface area contributed by atoms with Gasteiger partial charge >= 0.3 is 0 Å². The van der Waals surface area contributed by atoms with Crippen LogP contribution < -0.4 is 4.90 Å². The second-order valence-corrected chi connectivity index (χ2v) is 6.01. The summed E-state index contributed by atoms with van der Waals surface area (Å²) in [5.41, 5.74) is 2.41. The third-order valence-corrected chi connectivity index (χ3v) is 4.99. The van der Waals surface area contributed by atoms with Crippen molar-refractivity contribution < 1.29 is 0 Å². The maximum absolute atomic E-state index is 8.89. The van der Waals surface area contributed by atoms with Crippen LogP contribution in [0.3, 0.4) is 0 Å². The van der Waals surface area contributed by atoms with Crippen LogP contribution in [0.1, 0.15) is 38.7 Å². The van der Waals surface area contributed by atoms with Crippen LogP contribution in [0.2, 0.25) is 0 Å². The topological polar surface area (TPSA) is 27.0 Å². The number of hydrogen-bond donors (Lipinski definition) is 0. The Labute approximate surface area is 118 Å². The van der Waals surface area contributed by atoms with Crippen LogP contribution in [0.5, 0.6) is 0 Å². The number of benzene rings is 1. The van der Waals surface area contributed by atoms with Gasteiger partial charge in [-0.25, -0.2) is 0 Å². The zero-order valence-electron chi connectivity index (χ0n) is 11.0. The van der Waals surface area contributed by atoms with Gasteiger partial charge in [0.15, 0.2) is 0 Å². The van der Waals surface area contributed by atoms with Crippen LogP contribution in [0.25, 0.3) is 0 Å². The van der Waals surface area contributed by atoms with E-state index in [1.807, 2.05) is 12.1 Å². The zero-order chi connectivity index (χ0) is 13.2. The van der Waals surface area contributed by atoms with E-state index in [4.69, 9.17) is 5.26 Å². The molecule has 0 bridgehead atoms. The Morgan fingerprint density at radius 1 is 1.39 bits per heavy atom. The second kappa shape index (κ2) is 5.32. The Morgan fingerprint density at radius 2 is 2.11 bits per heavy atom. The molecule has 0 unspecified atom stereocenters. The van der Waals surface area contributed by atoms with Crippen molar-refractivity contribution in [1.82, 2.24) is 0 Å². The van der Waals surface area contributed by atoms with Gasteiger partial charge < -0.3 is 4.90 Å². The van der Waals surface area contributed by atoms with Gasteiger partial charge in [-0.15, -0.1) is 0 Å². The molecule has 1 saturated heterocycles. The van der Waals surface area contributed by atoms with E-state index in [2.05, 4.69) is 46.8 Å². The average Bonchev–Trinajstić information content (AvgIpc) is 2.83. The Bertz CT molecular complexity index is 472. The van der Waals surface area contributed by atoms with Crippen LogP contribution in [0, 0.1) is 16.7 Å². The molecule has 18 heavy (non-hydrogen) atoms. The highest BCUT2D eigenvalue weighted by Gasteiger charge is 2.35. The number of anilines is 1. The van der Waals surface area contributed by atoms with Crippen LogP contribution >= 0.6 is 15.9 Å². The monoisotopic (exact) mass is 306 g/mol. The minimum Gasteiger partial charge on any atom is -0.370 e. The lowest BCUT2D eigenvalue weighted by atomic mass is 9.82. The molecule has 0 N–H and O–H groups in total. The third kappa shape index (κ3) is 2.40. The number of halogens is 1. The summed E-state index contributed by atoms with van der Waals surface area (Å²) >= 11 is 3.59. The summed E-state index contributed by atoms with van der Waals surface area (Å²) < 4.78 is 1.03. The van der Waals surface area contributed by atoms with E-state index < -0.39 is 0 Å². The molecule has 2 nitrogen and oxygen atoms in total. The largest absolute Gasteiger partial charge is 0.370 e. The molecular weight excluding hydrogens is 288 g/mol. The van der Waals surface area contributed by atoms with Gasteiger partial charge in [-0.05, 0) is 58.8 Å². The molecule has 1 aromatic carbocycles. The molecule has 2 rings (SSSR count). The molecule has 96 valence electrons. The highest BCUT2D eigenvalue weighted by atomic mass is 79.9. The SMILES string of the molecule is CCC1(CC)CCN(c2ccc(C#N)cc2Br)C1. The van der Waals surface area contributed by atoms with Crippen molar-refractivity contribution in [2.75, 3.05) is 18.0 Å². The third-order valence-electron chi connectivity index (χ3n) is 4.36. The predicted octanol–water partition coefficient (Wildman–Crippen LogP) is 4.34. The van der Waals surface area contributed by atoms with Gasteiger partial charge in [0.1, 0.15) is 0 Å². The van der Waals surface area contributed by atoms with Crippen molar-refractivity contribution in [1.29, 1.82) is 5.26 Å². The van der Waals surface area contributed by atoms with Crippen molar-refractivity contribution in [2.45, 2.75) is 33.1 Å². The molecule has 1 aromatic rings. The van der Waals surface area contributed by atoms with Gasteiger partial charge in [0.25, 0.3) is 0 Å². The number of nitriles is 1. The zero-order valence-corrected chi connectivity index (χ0v) is 12.6. The van der Waals surface area contributed by atoms with Crippen molar-refractivity contribution in [2.24, 2.45) is 5.41 Å². The number of hydrogen-bond acceptors (Lipinski definition) is 2. The minimum atomic E-state index is 0.480. The fourth-order valence-corrected chi connectivity index (χ4v) is 3.43. The van der Waals surface area contributed by atoms with Crippen LogP contribution in [0.15, 0.2) is 22.7 Å². The standard InChI is InChI=1S/C15H19BrN2/c1-3-15(4-2)7-8-18(11-15)14-6-5-12(10-17)9-13(14)16/h5-6,9H,3-4,7-8,11H2,1-2H3. The van der Waals surface area contributed by atoms with E-state index in [-0.39, 0.29) is 0 Å². The first-order chi connectivity index (χ1) is 8.64. The fraction of sp³-hybridized carbons (Fsp3) is 0.533. The molecule has 1 heterocycles. The first-order valence-electron chi connectivity index (χ1n) is 6.59. The van der Waals surface area contributed by atoms with Crippen LogP contribution in [-0.4, -0.2) is 13.1 Å². The summed E-state index contributed by atoms with van der Waals surface area (Å²) in [6, 6.07) is 8.05. The van der Waals surface area contributed by atoms with Gasteiger partial charge in [-0.3, -0.25) is 0 Å². The summed E-state index contributed by atoms with van der Waals surface area (Å²) in [6.45, 7) is 6.83. The smallest absolute Gasteiger partial charge is 0.0992 e. The molecule has 1 fully saturated rings. The van der Waals surface area contributed by atoms with Gasteiger partial charge in [0.2, 0.25) is 0 Å². The molecule has 0 aliphatic carbocycles.